The van der Waals surface area contributed by atoms with E-state index in [9.17, 15) is 13.5 Å². The van der Waals surface area contributed by atoms with Gasteiger partial charge in [-0.2, -0.15) is 12.7 Å². The average molecular weight is 319 g/mol. The number of aliphatic hydroxyl groups excluding tert-OH is 1. The SMILES string of the molecule is CN(C)C1(CNS(=O)(=O)N2CCCCC2CO)CCCC1. The summed E-state index contributed by atoms with van der Waals surface area (Å²) in [4.78, 5) is 2.16. The number of hydrogen-bond donors (Lipinski definition) is 2. The van der Waals surface area contributed by atoms with E-state index in [0.29, 0.717) is 13.1 Å². The van der Waals surface area contributed by atoms with Gasteiger partial charge in [0.15, 0.2) is 0 Å². The fraction of sp³-hybridized carbons (Fsp3) is 1.00. The summed E-state index contributed by atoms with van der Waals surface area (Å²) in [7, 11) is 0.543. The maximum Gasteiger partial charge on any atom is 0.279 e. The van der Waals surface area contributed by atoms with Crippen LogP contribution in [0, 0.1) is 0 Å². The first-order chi connectivity index (χ1) is 9.91. The highest BCUT2D eigenvalue weighted by molar-refractivity contribution is 7.87. The number of hydrogen-bond acceptors (Lipinski definition) is 4. The van der Waals surface area contributed by atoms with Crippen LogP contribution >= 0.6 is 0 Å². The first-order valence-corrected chi connectivity index (χ1v) is 9.40. The van der Waals surface area contributed by atoms with E-state index in [2.05, 4.69) is 9.62 Å². The zero-order valence-corrected chi connectivity index (χ0v) is 14.0. The molecule has 0 bridgehead atoms. The molecule has 1 aliphatic heterocycles. The van der Waals surface area contributed by atoms with Gasteiger partial charge in [0.05, 0.1) is 6.61 Å². The molecule has 0 aromatic carbocycles. The Hall–Kier alpha value is -0.210. The second kappa shape index (κ2) is 6.91. The monoisotopic (exact) mass is 319 g/mol. The van der Waals surface area contributed by atoms with Gasteiger partial charge in [-0.1, -0.05) is 19.3 Å². The topological polar surface area (TPSA) is 72.9 Å². The molecule has 7 heteroatoms. The Balaban J connectivity index is 2.03. The van der Waals surface area contributed by atoms with Crippen LogP contribution in [0.5, 0.6) is 0 Å². The third-order valence-electron chi connectivity index (χ3n) is 5.16. The Labute approximate surface area is 128 Å². The Morgan fingerprint density at radius 3 is 2.48 bits per heavy atom. The maximum absolute atomic E-state index is 12.6. The Morgan fingerprint density at radius 2 is 1.90 bits per heavy atom. The lowest BCUT2D eigenvalue weighted by Gasteiger charge is -2.38. The molecule has 21 heavy (non-hydrogen) atoms. The molecule has 1 saturated carbocycles. The number of nitrogens with one attached hydrogen (secondary N) is 1. The molecule has 0 aromatic heterocycles. The molecule has 1 atom stereocenters. The molecule has 2 rings (SSSR count). The molecule has 0 spiro atoms. The second-order valence-corrected chi connectivity index (χ2v) is 8.30. The van der Waals surface area contributed by atoms with Gasteiger partial charge in [-0.25, -0.2) is 4.72 Å². The van der Waals surface area contributed by atoms with E-state index in [1.807, 2.05) is 14.1 Å². The van der Waals surface area contributed by atoms with Gasteiger partial charge in [-0.05, 0) is 39.8 Å². The van der Waals surface area contributed by atoms with Crippen LogP contribution < -0.4 is 4.72 Å². The van der Waals surface area contributed by atoms with E-state index in [0.717, 1.165) is 44.9 Å². The molecule has 1 unspecified atom stereocenters. The van der Waals surface area contributed by atoms with Crippen LogP contribution in [0.25, 0.3) is 0 Å². The third-order valence-corrected chi connectivity index (χ3v) is 6.77. The maximum atomic E-state index is 12.6. The predicted octanol–water partition coefficient (Wildman–Crippen LogP) is 0.542. The lowest BCUT2D eigenvalue weighted by atomic mass is 9.97. The lowest BCUT2D eigenvalue weighted by molar-refractivity contribution is 0.146. The van der Waals surface area contributed by atoms with Gasteiger partial charge in [0.1, 0.15) is 0 Å². The number of rotatable bonds is 6. The number of nitrogens with zero attached hydrogens (tertiary/aromatic N) is 2. The molecular weight excluding hydrogens is 290 g/mol. The normalized spacial score (nSPS) is 27.3. The van der Waals surface area contributed by atoms with Gasteiger partial charge >= 0.3 is 0 Å². The summed E-state index contributed by atoms with van der Waals surface area (Å²) >= 11 is 0. The minimum Gasteiger partial charge on any atom is -0.395 e. The van der Waals surface area contributed by atoms with Crippen LogP contribution in [0.2, 0.25) is 0 Å². The first-order valence-electron chi connectivity index (χ1n) is 7.96. The fourth-order valence-corrected chi connectivity index (χ4v) is 5.15. The highest BCUT2D eigenvalue weighted by Gasteiger charge is 2.39. The van der Waals surface area contributed by atoms with Crippen LogP contribution in [0.3, 0.4) is 0 Å². The van der Waals surface area contributed by atoms with Crippen LogP contribution in [-0.4, -0.2) is 68.1 Å². The van der Waals surface area contributed by atoms with Crippen molar-refractivity contribution in [3.63, 3.8) is 0 Å². The van der Waals surface area contributed by atoms with Crippen molar-refractivity contribution in [3.05, 3.63) is 0 Å². The van der Waals surface area contributed by atoms with Gasteiger partial charge in [0.25, 0.3) is 10.2 Å². The molecular formula is C14H29N3O3S. The van der Waals surface area contributed by atoms with Crippen molar-refractivity contribution in [1.29, 1.82) is 0 Å². The number of aliphatic hydroxyl groups is 1. The van der Waals surface area contributed by atoms with Crippen molar-refractivity contribution in [2.75, 3.05) is 33.8 Å². The van der Waals surface area contributed by atoms with Crippen molar-refractivity contribution in [2.45, 2.75) is 56.5 Å². The molecule has 0 radical (unpaired) electrons. The van der Waals surface area contributed by atoms with Crippen molar-refractivity contribution in [2.24, 2.45) is 0 Å². The average Bonchev–Trinajstić information content (AvgIpc) is 2.95. The minimum atomic E-state index is -3.51. The molecule has 1 aliphatic carbocycles. The summed E-state index contributed by atoms with van der Waals surface area (Å²) in [6, 6.07) is -0.268. The van der Waals surface area contributed by atoms with Gasteiger partial charge < -0.3 is 10.0 Å². The predicted molar refractivity (Wildman–Crippen MR) is 83.2 cm³/mol. The van der Waals surface area contributed by atoms with Crippen LogP contribution in [0.4, 0.5) is 0 Å². The summed E-state index contributed by atoms with van der Waals surface area (Å²) < 4.78 is 29.4. The highest BCUT2D eigenvalue weighted by Crippen LogP contribution is 2.33. The van der Waals surface area contributed by atoms with E-state index < -0.39 is 10.2 Å². The largest absolute Gasteiger partial charge is 0.395 e. The zero-order valence-electron chi connectivity index (χ0n) is 13.2. The van der Waals surface area contributed by atoms with Crippen molar-refractivity contribution >= 4 is 10.2 Å². The Morgan fingerprint density at radius 1 is 1.24 bits per heavy atom. The zero-order chi connectivity index (χ0) is 15.5. The Kier molecular flexibility index (Phi) is 5.65. The van der Waals surface area contributed by atoms with Gasteiger partial charge in [0.2, 0.25) is 0 Å². The van der Waals surface area contributed by atoms with E-state index in [-0.39, 0.29) is 18.2 Å². The summed E-state index contributed by atoms with van der Waals surface area (Å²) in [5.74, 6) is 0. The van der Waals surface area contributed by atoms with Crippen molar-refractivity contribution in [1.82, 2.24) is 13.9 Å². The van der Waals surface area contributed by atoms with Crippen LogP contribution in [0.1, 0.15) is 44.9 Å². The fourth-order valence-electron chi connectivity index (χ4n) is 3.60. The summed E-state index contributed by atoms with van der Waals surface area (Å²) in [5.41, 5.74) is -0.0580. The summed E-state index contributed by atoms with van der Waals surface area (Å²) in [5, 5.41) is 9.40. The minimum absolute atomic E-state index is 0.0580. The molecule has 2 fully saturated rings. The molecule has 2 N–H and O–H groups in total. The lowest BCUT2D eigenvalue weighted by Crippen LogP contribution is -2.56. The standard InChI is InChI=1S/C14H29N3O3S/c1-16(2)14(8-4-5-9-14)12-15-21(19,20)17-10-6-3-7-13(17)11-18/h13,15,18H,3-12H2,1-2H3. The molecule has 1 saturated heterocycles. The molecule has 124 valence electrons. The number of likely N-dealkylation sites (N-methyl/N-ethyl adjacent to an activating group) is 1. The summed E-state index contributed by atoms with van der Waals surface area (Å²) in [6.45, 7) is 0.867. The van der Waals surface area contributed by atoms with Crippen LogP contribution in [0.15, 0.2) is 0 Å². The molecule has 2 aliphatic rings. The van der Waals surface area contributed by atoms with Gasteiger partial charge in [-0.15, -0.1) is 0 Å². The van der Waals surface area contributed by atoms with E-state index in [1.165, 1.54) is 4.31 Å². The molecule has 0 amide bonds. The molecule has 6 nitrogen and oxygen atoms in total. The van der Waals surface area contributed by atoms with E-state index in [4.69, 9.17) is 0 Å². The molecule has 0 aromatic rings. The van der Waals surface area contributed by atoms with Gasteiger partial charge in [-0.3, -0.25) is 0 Å². The highest BCUT2D eigenvalue weighted by atomic mass is 32.2. The van der Waals surface area contributed by atoms with Crippen molar-refractivity contribution in [3.8, 4) is 0 Å². The van der Waals surface area contributed by atoms with Crippen LogP contribution in [-0.2, 0) is 10.2 Å². The third kappa shape index (κ3) is 3.76. The van der Waals surface area contributed by atoms with E-state index >= 15 is 0 Å². The quantitative estimate of drug-likeness (QED) is 0.749. The first kappa shape index (κ1) is 17.1. The smallest absolute Gasteiger partial charge is 0.279 e. The Bertz CT molecular complexity index is 433. The number of piperidine rings is 1. The van der Waals surface area contributed by atoms with E-state index in [1.54, 1.807) is 0 Å². The van der Waals surface area contributed by atoms with Gasteiger partial charge in [0, 0.05) is 24.7 Å². The second-order valence-electron chi connectivity index (χ2n) is 6.59. The van der Waals surface area contributed by atoms with Crippen molar-refractivity contribution < 1.29 is 13.5 Å². The summed E-state index contributed by atoms with van der Waals surface area (Å²) in [6.07, 6.45) is 6.98. The molecule has 1 heterocycles.